The molecule has 0 aliphatic rings. The van der Waals surface area contributed by atoms with Crippen LogP contribution < -0.4 is 5.32 Å². The second-order valence-corrected chi connectivity index (χ2v) is 7.16. The number of likely N-dealkylation sites (N-methyl/N-ethyl adjacent to an activating group) is 1. The molecular formula is C24H29N2O+. The predicted octanol–water partition coefficient (Wildman–Crippen LogP) is 4.63. The van der Waals surface area contributed by atoms with Gasteiger partial charge in [-0.2, -0.15) is 0 Å². The van der Waals surface area contributed by atoms with E-state index < -0.39 is 0 Å². The largest absolute Gasteiger partial charge is 0.346 e. The highest BCUT2D eigenvalue weighted by Gasteiger charge is 2.23. The highest BCUT2D eigenvalue weighted by Crippen LogP contribution is 2.16. The van der Waals surface area contributed by atoms with Gasteiger partial charge < -0.3 is 9.80 Å². The van der Waals surface area contributed by atoms with Crippen LogP contribution in [0.25, 0.3) is 10.8 Å². The Hall–Kier alpha value is -2.65. The molecule has 3 aromatic carbocycles. The molecule has 3 aromatic rings. The van der Waals surface area contributed by atoms with Crippen LogP contribution in [0.3, 0.4) is 0 Å². The molecule has 27 heavy (non-hydrogen) atoms. The summed E-state index contributed by atoms with van der Waals surface area (Å²) in [6.07, 6.45) is 0. The molecule has 0 fully saturated rings. The molecule has 0 aliphatic heterocycles. The van der Waals surface area contributed by atoms with E-state index in [0.29, 0.717) is 6.54 Å². The van der Waals surface area contributed by atoms with Crippen LogP contribution in [0.1, 0.15) is 29.8 Å². The van der Waals surface area contributed by atoms with E-state index >= 15 is 0 Å². The summed E-state index contributed by atoms with van der Waals surface area (Å²) >= 11 is 0. The average molecular weight is 362 g/mol. The Morgan fingerprint density at radius 2 is 1.52 bits per heavy atom. The van der Waals surface area contributed by atoms with Gasteiger partial charge in [-0.3, -0.25) is 4.79 Å². The quantitative estimate of drug-likeness (QED) is 0.583. The normalized spacial score (nSPS) is 11.5. The lowest BCUT2D eigenvalue weighted by Gasteiger charge is -2.37. The van der Waals surface area contributed by atoms with Crippen molar-refractivity contribution < 1.29 is 9.28 Å². The number of quaternary nitrogens is 1. The number of amides is 1. The average Bonchev–Trinajstić information content (AvgIpc) is 2.73. The van der Waals surface area contributed by atoms with Gasteiger partial charge in [-0.1, -0.05) is 60.7 Å². The summed E-state index contributed by atoms with van der Waals surface area (Å²) < 4.78 is 0.974. The molecule has 0 aromatic heterocycles. The van der Waals surface area contributed by atoms with E-state index in [2.05, 4.69) is 55.6 Å². The van der Waals surface area contributed by atoms with Gasteiger partial charge in [0.15, 0.2) is 0 Å². The van der Waals surface area contributed by atoms with Gasteiger partial charge in [-0.25, -0.2) is 0 Å². The Bertz CT molecular complexity index is 885. The van der Waals surface area contributed by atoms with Gasteiger partial charge in [-0.05, 0) is 36.8 Å². The number of hydrogen-bond donors (Lipinski definition) is 1. The number of rotatable bonds is 8. The lowest BCUT2D eigenvalue weighted by Crippen LogP contribution is -2.51. The number of nitrogens with one attached hydrogen (secondary N) is 1. The zero-order valence-corrected chi connectivity index (χ0v) is 16.3. The van der Waals surface area contributed by atoms with Crippen LogP contribution in [-0.2, 0) is 6.54 Å². The van der Waals surface area contributed by atoms with Crippen LogP contribution in [0.2, 0.25) is 0 Å². The topological polar surface area (TPSA) is 29.1 Å². The summed E-state index contributed by atoms with van der Waals surface area (Å²) in [7, 11) is 0. The van der Waals surface area contributed by atoms with Crippen LogP contribution >= 0.6 is 0 Å². The zero-order chi connectivity index (χ0) is 19.1. The first-order chi connectivity index (χ1) is 13.2. The zero-order valence-electron chi connectivity index (χ0n) is 16.3. The first kappa shape index (κ1) is 19.1. The summed E-state index contributed by atoms with van der Waals surface area (Å²) in [4.78, 5) is 12.6. The minimum absolute atomic E-state index is 0.00534. The molecule has 0 unspecified atom stereocenters. The summed E-state index contributed by atoms with van der Waals surface area (Å²) in [5.74, 6) is 0.00534. The fourth-order valence-corrected chi connectivity index (χ4v) is 3.65. The third kappa shape index (κ3) is 4.75. The molecule has 0 radical (unpaired) electrons. The van der Waals surface area contributed by atoms with E-state index in [1.165, 1.54) is 5.56 Å². The number of hydrogen-bond acceptors (Lipinski definition) is 1. The van der Waals surface area contributed by atoms with Crippen molar-refractivity contribution in [3.8, 4) is 0 Å². The van der Waals surface area contributed by atoms with Gasteiger partial charge in [0, 0.05) is 11.1 Å². The third-order valence-electron chi connectivity index (χ3n) is 5.59. The van der Waals surface area contributed by atoms with Crippen LogP contribution in [0.5, 0.6) is 0 Å². The van der Waals surface area contributed by atoms with E-state index in [1.807, 2.05) is 36.4 Å². The Balaban J connectivity index is 1.62. The summed E-state index contributed by atoms with van der Waals surface area (Å²) in [5, 5.41) is 5.37. The van der Waals surface area contributed by atoms with E-state index in [0.717, 1.165) is 47.0 Å². The van der Waals surface area contributed by atoms with Crippen molar-refractivity contribution in [3.63, 3.8) is 0 Å². The van der Waals surface area contributed by atoms with E-state index in [4.69, 9.17) is 0 Å². The monoisotopic (exact) mass is 361 g/mol. The van der Waals surface area contributed by atoms with Crippen molar-refractivity contribution in [3.05, 3.63) is 83.9 Å². The van der Waals surface area contributed by atoms with Gasteiger partial charge in [0.1, 0.15) is 6.54 Å². The molecule has 0 aliphatic carbocycles. The molecule has 3 rings (SSSR count). The molecule has 140 valence electrons. The Labute approximate surface area is 162 Å². The molecule has 3 nitrogen and oxygen atoms in total. The number of carbonyl (C=O) groups excluding carboxylic acids is 1. The van der Waals surface area contributed by atoms with Crippen LogP contribution in [0.4, 0.5) is 0 Å². The van der Waals surface area contributed by atoms with Crippen molar-refractivity contribution >= 4 is 16.7 Å². The SMILES string of the molecule is CC[N+](CC)(CCNC(=O)c1ccc2ccccc2c1)Cc1ccccc1. The summed E-state index contributed by atoms with van der Waals surface area (Å²) in [6.45, 7) is 9.19. The van der Waals surface area contributed by atoms with Crippen molar-refractivity contribution in [2.75, 3.05) is 26.2 Å². The van der Waals surface area contributed by atoms with Crippen molar-refractivity contribution in [2.45, 2.75) is 20.4 Å². The Kier molecular flexibility index (Phi) is 6.25. The maximum atomic E-state index is 12.6. The fourth-order valence-electron chi connectivity index (χ4n) is 3.65. The van der Waals surface area contributed by atoms with Crippen LogP contribution in [0.15, 0.2) is 72.8 Å². The van der Waals surface area contributed by atoms with E-state index in [1.54, 1.807) is 0 Å². The second kappa shape index (κ2) is 8.83. The molecule has 3 heteroatoms. The van der Waals surface area contributed by atoms with Gasteiger partial charge in [-0.15, -0.1) is 0 Å². The fraction of sp³-hybridized carbons (Fsp3) is 0.292. The molecule has 0 atom stereocenters. The predicted molar refractivity (Wildman–Crippen MR) is 113 cm³/mol. The molecular weight excluding hydrogens is 332 g/mol. The first-order valence-corrected chi connectivity index (χ1v) is 9.82. The lowest BCUT2D eigenvalue weighted by molar-refractivity contribution is -0.936. The van der Waals surface area contributed by atoms with E-state index in [9.17, 15) is 4.79 Å². The standard InChI is InChI=1S/C24H28N2O/c1-3-26(4-2,19-20-10-6-5-7-11-20)17-16-25-24(27)23-15-14-21-12-8-9-13-22(21)18-23/h5-15,18H,3-4,16-17,19H2,1-2H3/p+1. The molecule has 0 spiro atoms. The number of benzene rings is 3. The number of nitrogens with zero attached hydrogens (tertiary/aromatic N) is 1. The molecule has 0 saturated heterocycles. The molecule has 1 amide bonds. The van der Waals surface area contributed by atoms with Crippen molar-refractivity contribution in [1.82, 2.24) is 5.32 Å². The highest BCUT2D eigenvalue weighted by molar-refractivity contribution is 5.98. The first-order valence-electron chi connectivity index (χ1n) is 9.82. The van der Waals surface area contributed by atoms with Gasteiger partial charge >= 0.3 is 0 Å². The van der Waals surface area contributed by atoms with Crippen molar-refractivity contribution in [1.29, 1.82) is 0 Å². The Morgan fingerprint density at radius 3 is 2.22 bits per heavy atom. The maximum Gasteiger partial charge on any atom is 0.251 e. The van der Waals surface area contributed by atoms with Crippen molar-refractivity contribution in [2.24, 2.45) is 0 Å². The second-order valence-electron chi connectivity index (χ2n) is 7.16. The molecule has 0 saturated carbocycles. The molecule has 0 heterocycles. The summed E-state index contributed by atoms with van der Waals surface area (Å²) in [6, 6.07) is 24.6. The Morgan fingerprint density at radius 1 is 0.852 bits per heavy atom. The smallest absolute Gasteiger partial charge is 0.251 e. The number of fused-ring (bicyclic) bond motifs is 1. The molecule has 0 bridgehead atoms. The van der Waals surface area contributed by atoms with Gasteiger partial charge in [0.05, 0.1) is 26.2 Å². The van der Waals surface area contributed by atoms with Gasteiger partial charge in [0.2, 0.25) is 0 Å². The van der Waals surface area contributed by atoms with Gasteiger partial charge in [0.25, 0.3) is 5.91 Å². The van der Waals surface area contributed by atoms with Crippen LogP contribution in [-0.4, -0.2) is 36.6 Å². The minimum Gasteiger partial charge on any atom is -0.346 e. The summed E-state index contributed by atoms with van der Waals surface area (Å²) in [5.41, 5.74) is 2.07. The number of carbonyl (C=O) groups is 1. The lowest BCUT2D eigenvalue weighted by atomic mass is 10.1. The third-order valence-corrected chi connectivity index (χ3v) is 5.59. The van der Waals surface area contributed by atoms with E-state index in [-0.39, 0.29) is 5.91 Å². The maximum absolute atomic E-state index is 12.6. The molecule has 1 N–H and O–H groups in total. The minimum atomic E-state index is 0.00534. The highest BCUT2D eigenvalue weighted by atomic mass is 16.1. The van der Waals surface area contributed by atoms with Crippen LogP contribution in [0, 0.1) is 0 Å².